The maximum atomic E-state index is 13.1. The van der Waals surface area contributed by atoms with Crippen LogP contribution in [0.4, 0.5) is 4.39 Å². The molecule has 0 saturated carbocycles. The van der Waals surface area contributed by atoms with Gasteiger partial charge in [0.15, 0.2) is 0 Å². The molecular weight excluding hydrogens is 351 g/mol. The molecule has 0 aliphatic carbocycles. The van der Waals surface area contributed by atoms with Crippen LogP contribution in [0.15, 0.2) is 24.3 Å². The lowest BCUT2D eigenvalue weighted by Gasteiger charge is -2.38. The quantitative estimate of drug-likeness (QED) is 0.807. The Morgan fingerprint density at radius 3 is 2.76 bits per heavy atom. The van der Waals surface area contributed by atoms with E-state index in [-0.39, 0.29) is 29.8 Å². The van der Waals surface area contributed by atoms with Crippen molar-refractivity contribution in [1.29, 1.82) is 0 Å². The molecule has 1 aromatic carbocycles. The molecule has 25 heavy (non-hydrogen) atoms. The summed E-state index contributed by atoms with van der Waals surface area (Å²) in [5.41, 5.74) is 0.568. The van der Waals surface area contributed by atoms with Crippen LogP contribution in [0.2, 0.25) is 5.02 Å². The highest BCUT2D eigenvalue weighted by Crippen LogP contribution is 2.17. The number of amides is 2. The molecule has 1 saturated heterocycles. The van der Waals surface area contributed by atoms with E-state index in [1.54, 1.807) is 6.92 Å². The van der Waals surface area contributed by atoms with Gasteiger partial charge in [0, 0.05) is 25.7 Å². The van der Waals surface area contributed by atoms with Crippen LogP contribution in [0.3, 0.4) is 0 Å². The lowest BCUT2D eigenvalue weighted by molar-refractivity contribution is -0.149. The lowest BCUT2D eigenvalue weighted by Crippen LogP contribution is -2.57. The molecule has 0 bridgehead atoms. The third kappa shape index (κ3) is 4.79. The van der Waals surface area contributed by atoms with Crippen LogP contribution in [-0.2, 0) is 14.4 Å². The van der Waals surface area contributed by atoms with E-state index in [0.29, 0.717) is 18.7 Å². The van der Waals surface area contributed by atoms with E-state index in [0.717, 1.165) is 0 Å². The maximum absolute atomic E-state index is 13.1. The minimum atomic E-state index is -0.972. The Balaban J connectivity index is 2.00. The van der Waals surface area contributed by atoms with E-state index in [4.69, 9.17) is 16.7 Å². The SMILES string of the molecule is C[C@H]1C(=O)N(CCC(=O)O)CCN1C(=O)C=Cc1ccc(F)c(Cl)c1. The number of carbonyl (C=O) groups is 3. The molecular formula is C17H18ClFN2O4. The topological polar surface area (TPSA) is 77.9 Å². The van der Waals surface area contributed by atoms with Gasteiger partial charge in [0.1, 0.15) is 11.9 Å². The fraction of sp³-hybridized carbons (Fsp3) is 0.353. The molecule has 2 rings (SSSR count). The minimum Gasteiger partial charge on any atom is -0.481 e. The Bertz CT molecular complexity index is 723. The molecule has 1 N–H and O–H groups in total. The van der Waals surface area contributed by atoms with Gasteiger partial charge in [0.05, 0.1) is 11.4 Å². The van der Waals surface area contributed by atoms with Gasteiger partial charge < -0.3 is 14.9 Å². The molecule has 0 radical (unpaired) electrons. The number of hydrogen-bond acceptors (Lipinski definition) is 3. The monoisotopic (exact) mass is 368 g/mol. The maximum Gasteiger partial charge on any atom is 0.305 e. The first-order chi connectivity index (χ1) is 11.8. The van der Waals surface area contributed by atoms with E-state index < -0.39 is 17.8 Å². The van der Waals surface area contributed by atoms with Gasteiger partial charge in [-0.05, 0) is 30.7 Å². The Labute approximate surface area is 149 Å². The molecule has 0 unspecified atom stereocenters. The summed E-state index contributed by atoms with van der Waals surface area (Å²) >= 11 is 5.69. The number of carboxylic acid groups (broad SMARTS) is 1. The van der Waals surface area contributed by atoms with E-state index in [9.17, 15) is 18.8 Å². The van der Waals surface area contributed by atoms with Crippen molar-refractivity contribution in [3.8, 4) is 0 Å². The highest BCUT2D eigenvalue weighted by Gasteiger charge is 2.33. The number of piperazine rings is 1. The Kier molecular flexibility index (Phi) is 6.14. The summed E-state index contributed by atoms with van der Waals surface area (Å²) in [4.78, 5) is 38.1. The van der Waals surface area contributed by atoms with Crippen LogP contribution in [-0.4, -0.2) is 58.4 Å². The summed E-state index contributed by atoms with van der Waals surface area (Å²) in [6.07, 6.45) is 2.68. The van der Waals surface area contributed by atoms with Crippen LogP contribution >= 0.6 is 11.6 Å². The largest absolute Gasteiger partial charge is 0.481 e. The molecule has 1 aromatic rings. The van der Waals surface area contributed by atoms with Gasteiger partial charge in [0.2, 0.25) is 11.8 Å². The van der Waals surface area contributed by atoms with Crippen LogP contribution in [0.25, 0.3) is 6.08 Å². The minimum absolute atomic E-state index is 0.0369. The highest BCUT2D eigenvalue weighted by atomic mass is 35.5. The molecule has 0 aromatic heterocycles. The fourth-order valence-electron chi connectivity index (χ4n) is 2.56. The van der Waals surface area contributed by atoms with Crippen LogP contribution in [0.5, 0.6) is 0 Å². The number of hydrogen-bond donors (Lipinski definition) is 1. The number of aliphatic carboxylic acids is 1. The molecule has 1 heterocycles. The zero-order valence-electron chi connectivity index (χ0n) is 13.6. The van der Waals surface area contributed by atoms with Crippen LogP contribution in [0.1, 0.15) is 18.9 Å². The van der Waals surface area contributed by atoms with Crippen molar-refractivity contribution < 1.29 is 23.9 Å². The van der Waals surface area contributed by atoms with E-state index in [1.807, 2.05) is 0 Å². The number of carboxylic acids is 1. The van der Waals surface area contributed by atoms with Crippen molar-refractivity contribution in [3.05, 3.63) is 40.7 Å². The van der Waals surface area contributed by atoms with Crippen molar-refractivity contribution in [3.63, 3.8) is 0 Å². The summed E-state index contributed by atoms with van der Waals surface area (Å²) < 4.78 is 13.1. The van der Waals surface area contributed by atoms with Gasteiger partial charge in [-0.15, -0.1) is 0 Å². The number of carbonyl (C=O) groups excluding carboxylic acids is 2. The smallest absolute Gasteiger partial charge is 0.305 e. The summed E-state index contributed by atoms with van der Waals surface area (Å²) in [6, 6.07) is 3.43. The van der Waals surface area contributed by atoms with Gasteiger partial charge in [-0.2, -0.15) is 0 Å². The first-order valence-electron chi connectivity index (χ1n) is 7.74. The number of nitrogens with zero attached hydrogens (tertiary/aromatic N) is 2. The average Bonchev–Trinajstić information content (AvgIpc) is 2.57. The third-order valence-electron chi connectivity index (χ3n) is 3.99. The predicted octanol–water partition coefficient (Wildman–Crippen LogP) is 2.03. The first-order valence-corrected chi connectivity index (χ1v) is 8.11. The molecule has 134 valence electrons. The van der Waals surface area contributed by atoms with Gasteiger partial charge >= 0.3 is 5.97 Å². The van der Waals surface area contributed by atoms with Gasteiger partial charge in [0.25, 0.3) is 0 Å². The Morgan fingerprint density at radius 1 is 1.40 bits per heavy atom. The molecule has 1 atom stereocenters. The normalized spacial score (nSPS) is 18.0. The lowest BCUT2D eigenvalue weighted by atomic mass is 10.1. The molecule has 1 aliphatic heterocycles. The second kappa shape index (κ2) is 8.11. The first kappa shape index (κ1) is 18.9. The highest BCUT2D eigenvalue weighted by molar-refractivity contribution is 6.30. The van der Waals surface area contributed by atoms with E-state index in [1.165, 1.54) is 40.2 Å². The van der Waals surface area contributed by atoms with Crippen molar-refractivity contribution in [1.82, 2.24) is 9.80 Å². The standard InChI is InChI=1S/C17H18ClFN2O4/c1-11-17(25)20(7-6-16(23)24)8-9-21(11)15(22)5-3-12-2-4-14(19)13(18)10-12/h2-5,10-11H,6-9H2,1H3,(H,23,24)/t11-/m0/s1. The fourth-order valence-corrected chi connectivity index (χ4v) is 2.75. The Morgan fingerprint density at radius 2 is 2.12 bits per heavy atom. The molecule has 1 aliphatic rings. The van der Waals surface area contributed by atoms with Crippen molar-refractivity contribution >= 4 is 35.5 Å². The van der Waals surface area contributed by atoms with Gasteiger partial charge in [-0.25, -0.2) is 4.39 Å². The predicted molar refractivity (Wildman–Crippen MR) is 90.5 cm³/mol. The van der Waals surface area contributed by atoms with Crippen LogP contribution < -0.4 is 0 Å². The number of rotatable bonds is 5. The summed E-state index contributed by atoms with van der Waals surface area (Å²) in [5, 5.41) is 8.67. The molecule has 1 fully saturated rings. The second-order valence-electron chi connectivity index (χ2n) is 5.68. The van der Waals surface area contributed by atoms with Crippen LogP contribution in [0, 0.1) is 5.82 Å². The van der Waals surface area contributed by atoms with Crippen molar-refractivity contribution in [2.45, 2.75) is 19.4 Å². The molecule has 0 spiro atoms. The number of halogens is 2. The Hall–Kier alpha value is -2.41. The summed E-state index contributed by atoms with van der Waals surface area (Å²) in [5.74, 6) is -2.14. The summed E-state index contributed by atoms with van der Waals surface area (Å²) in [7, 11) is 0. The zero-order chi connectivity index (χ0) is 18.6. The molecule has 2 amide bonds. The molecule has 6 nitrogen and oxygen atoms in total. The number of benzene rings is 1. The van der Waals surface area contributed by atoms with E-state index in [2.05, 4.69) is 0 Å². The van der Waals surface area contributed by atoms with Gasteiger partial charge in [-0.3, -0.25) is 14.4 Å². The van der Waals surface area contributed by atoms with E-state index >= 15 is 0 Å². The zero-order valence-corrected chi connectivity index (χ0v) is 14.4. The second-order valence-corrected chi connectivity index (χ2v) is 6.09. The van der Waals surface area contributed by atoms with Crippen molar-refractivity contribution in [2.24, 2.45) is 0 Å². The average molecular weight is 369 g/mol. The summed E-state index contributed by atoms with van der Waals surface area (Å²) in [6.45, 7) is 2.35. The third-order valence-corrected chi connectivity index (χ3v) is 4.28. The van der Waals surface area contributed by atoms with Crippen molar-refractivity contribution in [2.75, 3.05) is 19.6 Å². The van der Waals surface area contributed by atoms with Gasteiger partial charge in [-0.1, -0.05) is 17.7 Å². The molecule has 8 heteroatoms.